The topological polar surface area (TPSA) is 12.0 Å². The Labute approximate surface area is 92.9 Å². The van der Waals surface area contributed by atoms with Crippen molar-refractivity contribution in [3.8, 4) is 0 Å². The third kappa shape index (κ3) is 2.07. The minimum Gasteiger partial charge on any atom is -0.310 e. The van der Waals surface area contributed by atoms with Gasteiger partial charge >= 0.3 is 0 Å². The minimum atomic E-state index is 0.612. The van der Waals surface area contributed by atoms with Crippen molar-refractivity contribution < 1.29 is 0 Å². The van der Waals surface area contributed by atoms with Crippen molar-refractivity contribution in [2.45, 2.75) is 46.1 Å². The second-order valence-electron chi connectivity index (χ2n) is 4.70. The summed E-state index contributed by atoms with van der Waals surface area (Å²) < 4.78 is 0. The number of nitrogens with one attached hydrogen (secondary N) is 1. The van der Waals surface area contributed by atoms with Gasteiger partial charge in [-0.25, -0.2) is 0 Å². The molecule has 1 atom stereocenters. The maximum Gasteiger partial charge on any atom is 0.0328 e. The number of benzene rings is 1. The van der Waals surface area contributed by atoms with Crippen molar-refractivity contribution in [1.82, 2.24) is 5.32 Å². The average molecular weight is 203 g/mol. The van der Waals surface area contributed by atoms with Gasteiger partial charge in [-0.05, 0) is 56.3 Å². The fourth-order valence-corrected chi connectivity index (χ4v) is 2.74. The normalized spacial score (nSPS) is 19.3. The molecule has 1 aromatic rings. The zero-order chi connectivity index (χ0) is 10.8. The van der Waals surface area contributed by atoms with Crippen LogP contribution in [0.15, 0.2) is 12.1 Å². The fourth-order valence-electron chi connectivity index (χ4n) is 2.74. The zero-order valence-electron chi connectivity index (χ0n) is 10.1. The van der Waals surface area contributed by atoms with Crippen molar-refractivity contribution in [1.29, 1.82) is 0 Å². The van der Waals surface area contributed by atoms with E-state index in [1.54, 1.807) is 11.1 Å². The Hall–Kier alpha value is -0.820. The summed E-state index contributed by atoms with van der Waals surface area (Å²) in [6.07, 6.45) is 3.75. The highest BCUT2D eigenvalue weighted by Gasteiger charge is 2.23. The molecule has 1 aliphatic carbocycles. The van der Waals surface area contributed by atoms with E-state index in [4.69, 9.17) is 0 Å². The Morgan fingerprint density at radius 2 is 2.13 bits per heavy atom. The summed E-state index contributed by atoms with van der Waals surface area (Å²) in [5.74, 6) is 0. The summed E-state index contributed by atoms with van der Waals surface area (Å²) in [5.41, 5.74) is 6.02. The van der Waals surface area contributed by atoms with E-state index in [1.807, 2.05) is 0 Å². The molecule has 1 unspecified atom stereocenters. The van der Waals surface area contributed by atoms with Gasteiger partial charge in [0.2, 0.25) is 0 Å². The van der Waals surface area contributed by atoms with Crippen LogP contribution in [-0.2, 0) is 6.42 Å². The lowest BCUT2D eigenvalue weighted by Crippen LogP contribution is -2.20. The number of aryl methyl sites for hydroxylation is 3. The highest BCUT2D eigenvalue weighted by atomic mass is 14.9. The van der Waals surface area contributed by atoms with E-state index in [-0.39, 0.29) is 0 Å². The SMILES string of the molecule is CCCNC1CCc2cc(C)cc(C)c21. The largest absolute Gasteiger partial charge is 0.310 e. The van der Waals surface area contributed by atoms with Gasteiger partial charge in [-0.1, -0.05) is 24.6 Å². The number of hydrogen-bond donors (Lipinski definition) is 1. The molecule has 0 radical (unpaired) electrons. The standard InChI is InChI=1S/C14H21N/c1-4-7-15-13-6-5-12-9-10(2)8-11(3)14(12)13/h8-9,13,15H,4-7H2,1-3H3. The predicted molar refractivity (Wildman–Crippen MR) is 65.3 cm³/mol. The van der Waals surface area contributed by atoms with Gasteiger partial charge in [-0.2, -0.15) is 0 Å². The fraction of sp³-hybridized carbons (Fsp3) is 0.571. The molecule has 0 saturated heterocycles. The molecule has 0 aliphatic heterocycles. The first kappa shape index (κ1) is 10.7. The highest BCUT2D eigenvalue weighted by molar-refractivity contribution is 5.43. The van der Waals surface area contributed by atoms with Crippen molar-refractivity contribution >= 4 is 0 Å². The third-order valence-electron chi connectivity index (χ3n) is 3.31. The maximum atomic E-state index is 3.65. The van der Waals surface area contributed by atoms with Crippen LogP contribution in [0.3, 0.4) is 0 Å². The number of fused-ring (bicyclic) bond motifs is 1. The Kier molecular flexibility index (Phi) is 3.11. The van der Waals surface area contributed by atoms with Gasteiger partial charge in [-0.15, -0.1) is 0 Å². The van der Waals surface area contributed by atoms with Crippen LogP contribution in [0, 0.1) is 13.8 Å². The summed E-state index contributed by atoms with van der Waals surface area (Å²) >= 11 is 0. The highest BCUT2D eigenvalue weighted by Crippen LogP contribution is 2.34. The van der Waals surface area contributed by atoms with E-state index in [2.05, 4.69) is 38.2 Å². The molecule has 15 heavy (non-hydrogen) atoms. The lowest BCUT2D eigenvalue weighted by atomic mass is 9.99. The van der Waals surface area contributed by atoms with E-state index in [0.29, 0.717) is 6.04 Å². The molecule has 0 aromatic heterocycles. The first-order valence-corrected chi connectivity index (χ1v) is 6.05. The van der Waals surface area contributed by atoms with Gasteiger partial charge in [0.25, 0.3) is 0 Å². The van der Waals surface area contributed by atoms with Crippen LogP contribution >= 0.6 is 0 Å². The predicted octanol–water partition coefficient (Wildman–Crippen LogP) is 3.29. The Balaban J connectivity index is 2.25. The second-order valence-corrected chi connectivity index (χ2v) is 4.70. The van der Waals surface area contributed by atoms with Gasteiger partial charge in [0.15, 0.2) is 0 Å². The number of hydrogen-bond acceptors (Lipinski definition) is 1. The Morgan fingerprint density at radius 1 is 1.33 bits per heavy atom. The van der Waals surface area contributed by atoms with Crippen molar-refractivity contribution in [3.05, 3.63) is 34.4 Å². The lowest BCUT2D eigenvalue weighted by molar-refractivity contribution is 0.527. The first-order valence-electron chi connectivity index (χ1n) is 6.05. The second kappa shape index (κ2) is 4.36. The summed E-state index contributed by atoms with van der Waals surface area (Å²) in [7, 11) is 0. The zero-order valence-corrected chi connectivity index (χ0v) is 10.1. The maximum absolute atomic E-state index is 3.65. The van der Waals surface area contributed by atoms with Gasteiger partial charge in [-0.3, -0.25) is 0 Å². The Morgan fingerprint density at radius 3 is 2.87 bits per heavy atom. The van der Waals surface area contributed by atoms with Crippen LogP contribution in [0.1, 0.15) is 48.1 Å². The smallest absolute Gasteiger partial charge is 0.0328 e. The summed E-state index contributed by atoms with van der Waals surface area (Å²) in [4.78, 5) is 0. The molecular formula is C14H21N. The molecule has 1 N–H and O–H groups in total. The molecule has 2 rings (SSSR count). The van der Waals surface area contributed by atoms with Crippen LogP contribution in [0.25, 0.3) is 0 Å². The molecule has 0 spiro atoms. The molecule has 1 aliphatic rings. The van der Waals surface area contributed by atoms with E-state index < -0.39 is 0 Å². The van der Waals surface area contributed by atoms with Crippen molar-refractivity contribution in [2.75, 3.05) is 6.54 Å². The molecule has 0 saturated carbocycles. The summed E-state index contributed by atoms with van der Waals surface area (Å²) in [6, 6.07) is 5.28. The van der Waals surface area contributed by atoms with Crippen molar-refractivity contribution in [3.63, 3.8) is 0 Å². The molecular weight excluding hydrogens is 182 g/mol. The monoisotopic (exact) mass is 203 g/mol. The van der Waals surface area contributed by atoms with Crippen LogP contribution in [0.4, 0.5) is 0 Å². The van der Waals surface area contributed by atoms with E-state index >= 15 is 0 Å². The van der Waals surface area contributed by atoms with E-state index in [1.165, 1.54) is 30.4 Å². The molecule has 0 bridgehead atoms. The van der Waals surface area contributed by atoms with E-state index in [9.17, 15) is 0 Å². The molecule has 0 heterocycles. The molecule has 0 fully saturated rings. The van der Waals surface area contributed by atoms with Crippen LogP contribution in [-0.4, -0.2) is 6.54 Å². The van der Waals surface area contributed by atoms with Crippen LogP contribution < -0.4 is 5.32 Å². The average Bonchev–Trinajstić information content (AvgIpc) is 2.58. The Bertz CT molecular complexity index is 355. The van der Waals surface area contributed by atoms with E-state index in [0.717, 1.165) is 6.54 Å². The van der Waals surface area contributed by atoms with Gasteiger partial charge in [0.1, 0.15) is 0 Å². The molecule has 1 heteroatoms. The van der Waals surface area contributed by atoms with Crippen LogP contribution in [0.2, 0.25) is 0 Å². The third-order valence-corrected chi connectivity index (χ3v) is 3.31. The lowest BCUT2D eigenvalue weighted by Gasteiger charge is -2.16. The summed E-state index contributed by atoms with van der Waals surface area (Å²) in [5, 5.41) is 3.65. The minimum absolute atomic E-state index is 0.612. The van der Waals surface area contributed by atoms with Gasteiger partial charge < -0.3 is 5.32 Å². The molecule has 82 valence electrons. The number of rotatable bonds is 3. The summed E-state index contributed by atoms with van der Waals surface area (Å²) in [6.45, 7) is 7.81. The first-order chi connectivity index (χ1) is 7.22. The quantitative estimate of drug-likeness (QED) is 0.795. The molecule has 1 aromatic carbocycles. The van der Waals surface area contributed by atoms with Gasteiger partial charge in [0.05, 0.1) is 0 Å². The van der Waals surface area contributed by atoms with Crippen LogP contribution in [0.5, 0.6) is 0 Å². The molecule has 1 nitrogen and oxygen atoms in total. The van der Waals surface area contributed by atoms with Gasteiger partial charge in [0, 0.05) is 6.04 Å². The molecule has 0 amide bonds. The van der Waals surface area contributed by atoms with Crippen molar-refractivity contribution in [2.24, 2.45) is 0 Å².